The monoisotopic (exact) mass is 236 g/mol. The minimum Gasteiger partial charge on any atom is -0.351 e. The Balaban J connectivity index is 1.84. The SMILES string of the molecule is CN1CSCC1C(=O)NCc1ccccc1. The Hall–Kier alpha value is -1.00. The number of hydrogen-bond acceptors (Lipinski definition) is 3. The number of amides is 1. The Labute approximate surface area is 100 Å². The summed E-state index contributed by atoms with van der Waals surface area (Å²) >= 11 is 1.81. The molecular weight excluding hydrogens is 220 g/mol. The van der Waals surface area contributed by atoms with Crippen LogP contribution in [0.15, 0.2) is 30.3 Å². The van der Waals surface area contributed by atoms with Crippen molar-refractivity contribution < 1.29 is 4.79 Å². The highest BCUT2D eigenvalue weighted by Crippen LogP contribution is 2.18. The Morgan fingerprint density at radius 2 is 2.25 bits per heavy atom. The number of thioether (sulfide) groups is 1. The summed E-state index contributed by atoms with van der Waals surface area (Å²) < 4.78 is 0. The number of nitrogens with one attached hydrogen (secondary N) is 1. The minimum absolute atomic E-state index is 0.0358. The van der Waals surface area contributed by atoms with Crippen molar-refractivity contribution in [1.29, 1.82) is 0 Å². The van der Waals surface area contributed by atoms with Crippen LogP contribution in [0.3, 0.4) is 0 Å². The average Bonchev–Trinajstić information content (AvgIpc) is 2.74. The topological polar surface area (TPSA) is 32.3 Å². The first-order valence-corrected chi connectivity index (χ1v) is 6.52. The highest BCUT2D eigenvalue weighted by molar-refractivity contribution is 7.99. The zero-order valence-electron chi connectivity index (χ0n) is 9.35. The first-order chi connectivity index (χ1) is 7.77. The summed E-state index contributed by atoms with van der Waals surface area (Å²) in [4.78, 5) is 14.0. The molecule has 3 nitrogen and oxygen atoms in total. The lowest BCUT2D eigenvalue weighted by molar-refractivity contribution is -0.124. The molecule has 1 saturated heterocycles. The fourth-order valence-corrected chi connectivity index (χ4v) is 2.91. The van der Waals surface area contributed by atoms with Gasteiger partial charge in [0.1, 0.15) is 0 Å². The molecule has 0 bridgehead atoms. The number of hydrogen-bond donors (Lipinski definition) is 1. The summed E-state index contributed by atoms with van der Waals surface area (Å²) in [5, 5.41) is 2.98. The van der Waals surface area contributed by atoms with Gasteiger partial charge in [-0.2, -0.15) is 0 Å². The molecule has 0 aliphatic carbocycles. The van der Waals surface area contributed by atoms with E-state index in [4.69, 9.17) is 0 Å². The third kappa shape index (κ3) is 2.77. The smallest absolute Gasteiger partial charge is 0.238 e. The van der Waals surface area contributed by atoms with Crippen molar-refractivity contribution >= 4 is 17.7 Å². The zero-order valence-corrected chi connectivity index (χ0v) is 10.2. The van der Waals surface area contributed by atoms with E-state index in [-0.39, 0.29) is 11.9 Å². The fraction of sp³-hybridized carbons (Fsp3) is 0.417. The van der Waals surface area contributed by atoms with Gasteiger partial charge in [0.2, 0.25) is 5.91 Å². The van der Waals surface area contributed by atoms with E-state index >= 15 is 0 Å². The second-order valence-electron chi connectivity index (χ2n) is 3.98. The van der Waals surface area contributed by atoms with Gasteiger partial charge < -0.3 is 5.32 Å². The molecule has 86 valence electrons. The van der Waals surface area contributed by atoms with Crippen LogP contribution in [0, 0.1) is 0 Å². The van der Waals surface area contributed by atoms with E-state index < -0.39 is 0 Å². The summed E-state index contributed by atoms with van der Waals surface area (Å²) in [7, 11) is 1.99. The summed E-state index contributed by atoms with van der Waals surface area (Å²) in [5.74, 6) is 1.98. The second kappa shape index (κ2) is 5.37. The van der Waals surface area contributed by atoms with Gasteiger partial charge in [-0.25, -0.2) is 0 Å². The molecule has 1 atom stereocenters. The maximum absolute atomic E-state index is 11.9. The normalized spacial score (nSPS) is 20.9. The Kier molecular flexibility index (Phi) is 3.85. The van der Waals surface area contributed by atoms with Crippen LogP contribution in [0.4, 0.5) is 0 Å². The van der Waals surface area contributed by atoms with E-state index in [0.717, 1.165) is 17.2 Å². The second-order valence-corrected chi connectivity index (χ2v) is 4.98. The Bertz CT molecular complexity index is 355. The average molecular weight is 236 g/mol. The van der Waals surface area contributed by atoms with Crippen molar-refractivity contribution in [1.82, 2.24) is 10.2 Å². The van der Waals surface area contributed by atoms with Gasteiger partial charge in [0.15, 0.2) is 0 Å². The van der Waals surface area contributed by atoms with E-state index in [2.05, 4.69) is 10.2 Å². The van der Waals surface area contributed by atoms with Crippen molar-refractivity contribution in [2.75, 3.05) is 18.7 Å². The highest BCUT2D eigenvalue weighted by atomic mass is 32.2. The van der Waals surface area contributed by atoms with Gasteiger partial charge in [0.05, 0.1) is 6.04 Å². The lowest BCUT2D eigenvalue weighted by atomic mass is 10.2. The Morgan fingerprint density at radius 3 is 2.88 bits per heavy atom. The van der Waals surface area contributed by atoms with Crippen LogP contribution in [0.2, 0.25) is 0 Å². The van der Waals surface area contributed by atoms with Crippen molar-refractivity contribution in [3.8, 4) is 0 Å². The van der Waals surface area contributed by atoms with Crippen LogP contribution < -0.4 is 5.32 Å². The molecule has 16 heavy (non-hydrogen) atoms. The van der Waals surface area contributed by atoms with Gasteiger partial charge in [-0.05, 0) is 12.6 Å². The molecule has 1 aliphatic rings. The van der Waals surface area contributed by atoms with Crippen LogP contribution >= 0.6 is 11.8 Å². The maximum Gasteiger partial charge on any atom is 0.238 e. The van der Waals surface area contributed by atoms with Gasteiger partial charge in [0.25, 0.3) is 0 Å². The molecule has 1 aromatic carbocycles. The van der Waals surface area contributed by atoms with Crippen LogP contribution in [-0.4, -0.2) is 35.5 Å². The van der Waals surface area contributed by atoms with E-state index in [1.54, 1.807) is 11.8 Å². The minimum atomic E-state index is 0.0358. The molecule has 0 saturated carbocycles. The third-order valence-electron chi connectivity index (χ3n) is 2.71. The Morgan fingerprint density at radius 1 is 1.50 bits per heavy atom. The lowest BCUT2D eigenvalue weighted by Gasteiger charge is -2.17. The maximum atomic E-state index is 11.9. The summed E-state index contributed by atoms with van der Waals surface area (Å²) in [6.45, 7) is 0.620. The largest absolute Gasteiger partial charge is 0.351 e. The van der Waals surface area contributed by atoms with Gasteiger partial charge in [-0.15, -0.1) is 11.8 Å². The third-order valence-corrected chi connectivity index (χ3v) is 3.86. The number of carbonyl (C=O) groups excluding carboxylic acids is 1. The van der Waals surface area contributed by atoms with Crippen LogP contribution in [0.1, 0.15) is 5.56 Å². The number of carbonyl (C=O) groups is 1. The lowest BCUT2D eigenvalue weighted by Crippen LogP contribution is -2.42. The van der Waals surface area contributed by atoms with E-state index in [0.29, 0.717) is 6.54 Å². The first kappa shape index (κ1) is 11.5. The van der Waals surface area contributed by atoms with Gasteiger partial charge >= 0.3 is 0 Å². The fourth-order valence-electron chi connectivity index (χ4n) is 1.70. The number of benzene rings is 1. The molecule has 1 unspecified atom stereocenters. The van der Waals surface area contributed by atoms with Crippen molar-refractivity contribution in [3.63, 3.8) is 0 Å². The quantitative estimate of drug-likeness (QED) is 0.859. The van der Waals surface area contributed by atoms with Crippen molar-refractivity contribution in [2.45, 2.75) is 12.6 Å². The molecule has 0 aromatic heterocycles. The molecule has 1 heterocycles. The molecule has 1 aliphatic heterocycles. The number of nitrogens with zero attached hydrogens (tertiary/aromatic N) is 1. The predicted octanol–water partition coefficient (Wildman–Crippen LogP) is 1.31. The van der Waals surface area contributed by atoms with E-state index in [1.807, 2.05) is 37.4 Å². The predicted molar refractivity (Wildman–Crippen MR) is 67.2 cm³/mol. The van der Waals surface area contributed by atoms with Crippen LogP contribution in [0.5, 0.6) is 0 Å². The highest BCUT2D eigenvalue weighted by Gasteiger charge is 2.27. The molecule has 1 aromatic rings. The van der Waals surface area contributed by atoms with Crippen LogP contribution in [0.25, 0.3) is 0 Å². The van der Waals surface area contributed by atoms with Crippen LogP contribution in [-0.2, 0) is 11.3 Å². The molecule has 1 amide bonds. The van der Waals surface area contributed by atoms with Crippen molar-refractivity contribution in [2.24, 2.45) is 0 Å². The molecule has 1 N–H and O–H groups in total. The summed E-state index contributed by atoms with van der Waals surface area (Å²) in [5.41, 5.74) is 1.14. The number of rotatable bonds is 3. The van der Waals surface area contributed by atoms with Gasteiger partial charge in [-0.3, -0.25) is 9.69 Å². The van der Waals surface area contributed by atoms with E-state index in [9.17, 15) is 4.79 Å². The van der Waals surface area contributed by atoms with E-state index in [1.165, 1.54) is 0 Å². The zero-order chi connectivity index (χ0) is 11.4. The molecule has 2 rings (SSSR count). The molecule has 4 heteroatoms. The molecule has 0 radical (unpaired) electrons. The molecule has 0 spiro atoms. The van der Waals surface area contributed by atoms with Gasteiger partial charge in [0, 0.05) is 18.2 Å². The standard InChI is InChI=1S/C12H16N2OS/c1-14-9-16-8-11(14)12(15)13-7-10-5-3-2-4-6-10/h2-6,11H,7-9H2,1H3,(H,13,15). The molecular formula is C12H16N2OS. The van der Waals surface area contributed by atoms with Gasteiger partial charge in [-0.1, -0.05) is 30.3 Å². The van der Waals surface area contributed by atoms with Crippen molar-refractivity contribution in [3.05, 3.63) is 35.9 Å². The molecule has 1 fully saturated rings. The summed E-state index contributed by atoms with van der Waals surface area (Å²) in [6.07, 6.45) is 0. The number of likely N-dealkylation sites (N-methyl/N-ethyl adjacent to an activating group) is 1. The summed E-state index contributed by atoms with van der Waals surface area (Å²) in [6, 6.07) is 10.0. The first-order valence-electron chi connectivity index (χ1n) is 5.37.